The van der Waals surface area contributed by atoms with Crippen LogP contribution in [0.3, 0.4) is 0 Å². The highest BCUT2D eigenvalue weighted by molar-refractivity contribution is 5.98. The molecule has 0 aromatic carbocycles. The molecule has 4 rings (SSSR count). The summed E-state index contributed by atoms with van der Waals surface area (Å²) in [6.07, 6.45) is 5.75. The van der Waals surface area contributed by atoms with Crippen LogP contribution in [0.5, 0.6) is 0 Å². The van der Waals surface area contributed by atoms with Gasteiger partial charge in [0.15, 0.2) is 11.3 Å². The van der Waals surface area contributed by atoms with Gasteiger partial charge in [0.1, 0.15) is 12.0 Å². The zero-order chi connectivity index (χ0) is 17.8. The van der Waals surface area contributed by atoms with Crippen molar-refractivity contribution in [3.8, 4) is 11.4 Å². The number of hydrogen-bond donors (Lipinski definition) is 1. The molecule has 0 bridgehead atoms. The molecule has 3 aromatic rings. The Balaban J connectivity index is 1.74. The van der Waals surface area contributed by atoms with E-state index in [1.165, 1.54) is 0 Å². The van der Waals surface area contributed by atoms with E-state index in [9.17, 15) is 4.79 Å². The Kier molecular flexibility index (Phi) is 3.38. The van der Waals surface area contributed by atoms with Crippen molar-refractivity contribution in [3.63, 3.8) is 0 Å². The number of nitrogens with one attached hydrogen (secondary N) is 1. The van der Waals surface area contributed by atoms with Gasteiger partial charge in [-0.05, 0) is 45.6 Å². The number of carbonyl (C=O) groups is 1. The topological polar surface area (TPSA) is 90.0 Å². The van der Waals surface area contributed by atoms with E-state index in [4.69, 9.17) is 0 Å². The Morgan fingerprint density at radius 2 is 2.08 bits per heavy atom. The molecule has 1 fully saturated rings. The van der Waals surface area contributed by atoms with Crippen LogP contribution in [0.4, 0.5) is 0 Å². The lowest BCUT2D eigenvalue weighted by molar-refractivity contribution is 0.0900. The van der Waals surface area contributed by atoms with Gasteiger partial charge in [-0.3, -0.25) is 13.9 Å². The van der Waals surface area contributed by atoms with Crippen molar-refractivity contribution in [1.82, 2.24) is 34.7 Å². The van der Waals surface area contributed by atoms with Crippen molar-refractivity contribution in [1.29, 1.82) is 0 Å². The van der Waals surface area contributed by atoms with Crippen LogP contribution in [0.15, 0.2) is 18.6 Å². The molecule has 1 amide bonds. The number of hydrogen-bond acceptors (Lipinski definition) is 5. The number of aromatic nitrogens is 6. The fraction of sp³-hybridized carbons (Fsp3) is 0.471. The maximum atomic E-state index is 12.8. The molecule has 0 spiro atoms. The summed E-state index contributed by atoms with van der Waals surface area (Å²) in [7, 11) is 1.81. The van der Waals surface area contributed by atoms with E-state index < -0.39 is 0 Å². The van der Waals surface area contributed by atoms with E-state index >= 15 is 0 Å². The molecule has 1 aliphatic carbocycles. The molecule has 1 aliphatic rings. The van der Waals surface area contributed by atoms with Crippen molar-refractivity contribution in [2.24, 2.45) is 13.0 Å². The van der Waals surface area contributed by atoms with Crippen molar-refractivity contribution < 1.29 is 4.79 Å². The number of aryl methyl sites for hydroxylation is 2. The lowest BCUT2D eigenvalue weighted by Gasteiger charge is -2.25. The van der Waals surface area contributed by atoms with Crippen molar-refractivity contribution in [2.75, 3.05) is 0 Å². The van der Waals surface area contributed by atoms with Crippen LogP contribution in [0.2, 0.25) is 0 Å². The number of amides is 1. The highest BCUT2D eigenvalue weighted by atomic mass is 16.2. The van der Waals surface area contributed by atoms with E-state index in [2.05, 4.69) is 39.4 Å². The highest BCUT2D eigenvalue weighted by Gasteiger charge is 2.39. The molecule has 8 heteroatoms. The second kappa shape index (κ2) is 5.37. The van der Waals surface area contributed by atoms with E-state index in [1.54, 1.807) is 24.3 Å². The molecule has 0 unspecified atom stereocenters. The predicted molar refractivity (Wildman–Crippen MR) is 92.0 cm³/mol. The maximum Gasteiger partial charge on any atom is 0.274 e. The van der Waals surface area contributed by atoms with Crippen molar-refractivity contribution in [3.05, 3.63) is 30.0 Å². The van der Waals surface area contributed by atoms with Gasteiger partial charge >= 0.3 is 0 Å². The number of fused-ring (bicyclic) bond motifs is 1. The van der Waals surface area contributed by atoms with Gasteiger partial charge in [0.2, 0.25) is 0 Å². The summed E-state index contributed by atoms with van der Waals surface area (Å²) >= 11 is 0. The fourth-order valence-corrected chi connectivity index (χ4v) is 3.14. The highest BCUT2D eigenvalue weighted by Crippen LogP contribution is 2.39. The number of carbonyl (C=O) groups excluding carboxylic acids is 1. The smallest absolute Gasteiger partial charge is 0.274 e. The lowest BCUT2D eigenvalue weighted by Crippen LogP contribution is -2.45. The van der Waals surface area contributed by atoms with E-state index in [0.29, 0.717) is 28.6 Å². The minimum atomic E-state index is -0.232. The van der Waals surface area contributed by atoms with Crippen LogP contribution >= 0.6 is 0 Å². The van der Waals surface area contributed by atoms with E-state index in [0.717, 1.165) is 18.5 Å². The average Bonchev–Trinajstić information content (AvgIpc) is 3.19. The second-order valence-corrected chi connectivity index (χ2v) is 7.30. The number of rotatable bonds is 4. The summed E-state index contributed by atoms with van der Waals surface area (Å²) < 4.78 is 3.44. The van der Waals surface area contributed by atoms with Gasteiger partial charge < -0.3 is 5.32 Å². The summed E-state index contributed by atoms with van der Waals surface area (Å²) in [5.41, 5.74) is 2.91. The standard InChI is InChI=1S/C17H21N7O/c1-10-7-12(13-8-23(4)22-21-13)19-15-14(18-9-24(10)15)16(25)20-17(2,3)11-5-6-11/h7-9,11H,5-6H2,1-4H3,(H,20,25). The first-order valence-electron chi connectivity index (χ1n) is 8.39. The van der Waals surface area contributed by atoms with Crippen LogP contribution in [-0.4, -0.2) is 40.8 Å². The van der Waals surface area contributed by atoms with Crippen molar-refractivity contribution >= 4 is 11.6 Å². The Labute approximate surface area is 145 Å². The monoisotopic (exact) mass is 339 g/mol. The Bertz CT molecular complexity index is 965. The first-order chi connectivity index (χ1) is 11.8. The molecule has 0 radical (unpaired) electrons. The van der Waals surface area contributed by atoms with Crippen LogP contribution in [0, 0.1) is 12.8 Å². The van der Waals surface area contributed by atoms with Gasteiger partial charge in [0, 0.05) is 18.3 Å². The quantitative estimate of drug-likeness (QED) is 0.782. The second-order valence-electron chi connectivity index (χ2n) is 7.30. The molecule has 3 heterocycles. The average molecular weight is 339 g/mol. The maximum absolute atomic E-state index is 12.8. The fourth-order valence-electron chi connectivity index (χ4n) is 3.14. The van der Waals surface area contributed by atoms with Gasteiger partial charge in [-0.1, -0.05) is 5.21 Å². The summed E-state index contributed by atoms with van der Waals surface area (Å²) in [5.74, 6) is 0.345. The van der Waals surface area contributed by atoms with Crippen LogP contribution < -0.4 is 5.32 Å². The summed E-state index contributed by atoms with van der Waals surface area (Å²) in [5, 5.41) is 11.2. The molecule has 130 valence electrons. The molecule has 1 saturated carbocycles. The third-order valence-electron chi connectivity index (χ3n) is 4.81. The third kappa shape index (κ3) is 2.77. The number of nitrogens with zero attached hydrogens (tertiary/aromatic N) is 6. The Morgan fingerprint density at radius 3 is 2.72 bits per heavy atom. The summed E-state index contributed by atoms with van der Waals surface area (Å²) in [6, 6.07) is 1.91. The molecule has 1 N–H and O–H groups in total. The molecule has 3 aromatic heterocycles. The van der Waals surface area contributed by atoms with Gasteiger partial charge in [-0.15, -0.1) is 5.10 Å². The summed E-state index contributed by atoms with van der Waals surface area (Å²) in [6.45, 7) is 6.07. The minimum Gasteiger partial charge on any atom is -0.345 e. The van der Waals surface area contributed by atoms with Crippen LogP contribution in [0.1, 0.15) is 42.9 Å². The summed E-state index contributed by atoms with van der Waals surface area (Å²) in [4.78, 5) is 21.7. The molecular weight excluding hydrogens is 318 g/mol. The van der Waals surface area contributed by atoms with Crippen molar-refractivity contribution in [2.45, 2.75) is 39.2 Å². The largest absolute Gasteiger partial charge is 0.345 e. The first kappa shape index (κ1) is 15.7. The molecule has 0 atom stereocenters. The SMILES string of the molecule is Cc1cc(-c2cn(C)nn2)nc2c(C(=O)NC(C)(C)C3CC3)ncn12. The first-order valence-corrected chi connectivity index (χ1v) is 8.39. The minimum absolute atomic E-state index is 0.192. The predicted octanol–water partition coefficient (Wildman–Crippen LogP) is 1.75. The zero-order valence-electron chi connectivity index (χ0n) is 14.8. The lowest BCUT2D eigenvalue weighted by atomic mass is 9.98. The van der Waals surface area contributed by atoms with Crippen LogP contribution in [-0.2, 0) is 7.05 Å². The normalized spacial score (nSPS) is 14.9. The van der Waals surface area contributed by atoms with Gasteiger partial charge in [0.05, 0.1) is 11.9 Å². The van der Waals surface area contributed by atoms with E-state index in [-0.39, 0.29) is 11.4 Å². The van der Waals surface area contributed by atoms with Gasteiger partial charge in [-0.2, -0.15) is 0 Å². The molecular formula is C17H21N7O. The molecule has 0 saturated heterocycles. The van der Waals surface area contributed by atoms with E-state index in [1.807, 2.05) is 17.4 Å². The van der Waals surface area contributed by atoms with Crippen LogP contribution in [0.25, 0.3) is 17.0 Å². The van der Waals surface area contributed by atoms with Gasteiger partial charge in [0.25, 0.3) is 5.91 Å². The third-order valence-corrected chi connectivity index (χ3v) is 4.81. The number of imidazole rings is 1. The van der Waals surface area contributed by atoms with Gasteiger partial charge in [-0.25, -0.2) is 9.97 Å². The Morgan fingerprint density at radius 1 is 1.32 bits per heavy atom. The zero-order valence-corrected chi connectivity index (χ0v) is 14.8. The molecule has 25 heavy (non-hydrogen) atoms. The Hall–Kier alpha value is -2.77. The molecule has 8 nitrogen and oxygen atoms in total. The molecule has 0 aliphatic heterocycles.